The van der Waals surface area contributed by atoms with Crippen LogP contribution in [0.25, 0.3) is 0 Å². The summed E-state index contributed by atoms with van der Waals surface area (Å²) in [5.41, 5.74) is 1.58. The van der Waals surface area contributed by atoms with Crippen molar-refractivity contribution in [3.05, 3.63) is 52.2 Å². The van der Waals surface area contributed by atoms with Gasteiger partial charge in [0.15, 0.2) is 0 Å². The molecule has 0 saturated carbocycles. The standard InChI is InChI=1S/C19H25N3O3S/c1-4-25-17-8-6-5-7-15(17)19(24)21-12-18(23)20-11-16(22(2)3)14-9-10-26-13-14/h5-10,13,16H,4,11-12H2,1-3H3,(H,20,23)(H,21,24). The molecule has 140 valence electrons. The number of amides is 2. The number of thiophene rings is 1. The zero-order chi connectivity index (χ0) is 18.9. The van der Waals surface area contributed by atoms with E-state index >= 15 is 0 Å². The summed E-state index contributed by atoms with van der Waals surface area (Å²) in [6, 6.07) is 9.13. The summed E-state index contributed by atoms with van der Waals surface area (Å²) in [6.45, 7) is 2.73. The minimum absolute atomic E-state index is 0.0803. The van der Waals surface area contributed by atoms with Crippen LogP contribution < -0.4 is 15.4 Å². The van der Waals surface area contributed by atoms with Crippen molar-refractivity contribution in [1.29, 1.82) is 0 Å². The number of para-hydroxylation sites is 1. The zero-order valence-corrected chi connectivity index (χ0v) is 16.1. The number of ether oxygens (including phenoxy) is 1. The first-order valence-corrected chi connectivity index (χ1v) is 9.42. The summed E-state index contributed by atoms with van der Waals surface area (Å²) < 4.78 is 5.45. The lowest BCUT2D eigenvalue weighted by molar-refractivity contribution is -0.120. The van der Waals surface area contributed by atoms with E-state index < -0.39 is 0 Å². The first-order valence-electron chi connectivity index (χ1n) is 8.48. The van der Waals surface area contributed by atoms with Gasteiger partial charge in [-0.05, 0) is 55.5 Å². The highest BCUT2D eigenvalue weighted by Crippen LogP contribution is 2.20. The van der Waals surface area contributed by atoms with Gasteiger partial charge in [0.05, 0.1) is 24.8 Å². The van der Waals surface area contributed by atoms with Crippen LogP contribution >= 0.6 is 11.3 Å². The monoisotopic (exact) mass is 375 g/mol. The number of nitrogens with zero attached hydrogens (tertiary/aromatic N) is 1. The van der Waals surface area contributed by atoms with E-state index in [1.807, 2.05) is 32.5 Å². The zero-order valence-electron chi connectivity index (χ0n) is 15.3. The third-order valence-electron chi connectivity index (χ3n) is 3.88. The summed E-state index contributed by atoms with van der Waals surface area (Å²) in [6.07, 6.45) is 0. The Bertz CT molecular complexity index is 717. The highest BCUT2D eigenvalue weighted by Gasteiger charge is 2.17. The van der Waals surface area contributed by atoms with Gasteiger partial charge in [-0.15, -0.1) is 0 Å². The van der Waals surface area contributed by atoms with Crippen LogP contribution in [0.5, 0.6) is 5.75 Å². The normalized spacial score (nSPS) is 11.8. The van der Waals surface area contributed by atoms with Gasteiger partial charge in [0.1, 0.15) is 5.75 Å². The highest BCUT2D eigenvalue weighted by atomic mass is 32.1. The molecule has 1 unspecified atom stereocenters. The number of rotatable bonds is 9. The molecule has 0 spiro atoms. The lowest BCUT2D eigenvalue weighted by Gasteiger charge is -2.24. The van der Waals surface area contributed by atoms with Gasteiger partial charge in [-0.3, -0.25) is 9.59 Å². The van der Waals surface area contributed by atoms with Crippen LogP contribution in [0.15, 0.2) is 41.1 Å². The number of hydrogen-bond donors (Lipinski definition) is 2. The molecule has 0 aliphatic heterocycles. The quantitative estimate of drug-likeness (QED) is 0.706. The summed E-state index contributed by atoms with van der Waals surface area (Å²) >= 11 is 1.63. The predicted molar refractivity (Wildman–Crippen MR) is 104 cm³/mol. The number of benzene rings is 1. The van der Waals surface area contributed by atoms with Gasteiger partial charge in [-0.25, -0.2) is 0 Å². The molecule has 0 radical (unpaired) electrons. The van der Waals surface area contributed by atoms with E-state index in [0.29, 0.717) is 24.5 Å². The molecule has 1 heterocycles. The maximum atomic E-state index is 12.3. The van der Waals surface area contributed by atoms with Gasteiger partial charge in [0.2, 0.25) is 5.91 Å². The first kappa shape index (κ1) is 19.9. The molecule has 2 amide bonds. The maximum Gasteiger partial charge on any atom is 0.255 e. The average molecular weight is 375 g/mol. The van der Waals surface area contributed by atoms with Gasteiger partial charge >= 0.3 is 0 Å². The molecule has 7 heteroatoms. The molecule has 1 aromatic carbocycles. The highest BCUT2D eigenvalue weighted by molar-refractivity contribution is 7.07. The Morgan fingerprint density at radius 3 is 2.62 bits per heavy atom. The fourth-order valence-corrected chi connectivity index (χ4v) is 3.23. The van der Waals surface area contributed by atoms with E-state index in [4.69, 9.17) is 4.74 Å². The predicted octanol–water partition coefficient (Wildman–Crippen LogP) is 2.30. The number of carbonyl (C=O) groups excluding carboxylic acids is 2. The third-order valence-corrected chi connectivity index (χ3v) is 4.59. The van der Waals surface area contributed by atoms with Crippen molar-refractivity contribution in [2.24, 2.45) is 0 Å². The van der Waals surface area contributed by atoms with Crippen molar-refractivity contribution in [3.63, 3.8) is 0 Å². The fraction of sp³-hybridized carbons (Fsp3) is 0.368. The van der Waals surface area contributed by atoms with E-state index in [1.165, 1.54) is 0 Å². The number of likely N-dealkylation sites (N-methyl/N-ethyl adjacent to an activating group) is 1. The molecule has 0 aliphatic carbocycles. The first-order chi connectivity index (χ1) is 12.5. The van der Waals surface area contributed by atoms with Crippen molar-refractivity contribution in [2.45, 2.75) is 13.0 Å². The van der Waals surface area contributed by atoms with Crippen LogP contribution in [0, 0.1) is 0 Å². The molecule has 0 bridgehead atoms. The van der Waals surface area contributed by atoms with E-state index in [9.17, 15) is 9.59 Å². The molecule has 1 aromatic heterocycles. The fourth-order valence-electron chi connectivity index (χ4n) is 2.53. The van der Waals surface area contributed by atoms with Crippen molar-refractivity contribution in [1.82, 2.24) is 15.5 Å². The van der Waals surface area contributed by atoms with Crippen LogP contribution in [0.2, 0.25) is 0 Å². The van der Waals surface area contributed by atoms with Gasteiger partial charge in [0, 0.05) is 6.54 Å². The molecule has 2 N–H and O–H groups in total. The van der Waals surface area contributed by atoms with Gasteiger partial charge < -0.3 is 20.3 Å². The van der Waals surface area contributed by atoms with Crippen LogP contribution in [-0.4, -0.2) is 50.5 Å². The molecule has 2 rings (SSSR count). The minimum Gasteiger partial charge on any atom is -0.493 e. The van der Waals surface area contributed by atoms with Crippen molar-refractivity contribution in [2.75, 3.05) is 33.8 Å². The average Bonchev–Trinajstić information content (AvgIpc) is 3.14. The molecule has 2 aromatic rings. The Balaban J connectivity index is 1.86. The van der Waals surface area contributed by atoms with Crippen molar-refractivity contribution in [3.8, 4) is 5.75 Å². The van der Waals surface area contributed by atoms with E-state index in [2.05, 4.69) is 20.9 Å². The van der Waals surface area contributed by atoms with Gasteiger partial charge in [-0.2, -0.15) is 11.3 Å². The van der Waals surface area contributed by atoms with E-state index in [1.54, 1.807) is 35.6 Å². The Hall–Kier alpha value is -2.38. The number of hydrogen-bond acceptors (Lipinski definition) is 5. The Kier molecular flexibility index (Phi) is 7.62. The molecule has 1 atom stereocenters. The molecule has 6 nitrogen and oxygen atoms in total. The lowest BCUT2D eigenvalue weighted by Crippen LogP contribution is -2.40. The second kappa shape index (κ2) is 9.94. The van der Waals surface area contributed by atoms with E-state index in [0.717, 1.165) is 5.56 Å². The molecule has 0 fully saturated rings. The molecular weight excluding hydrogens is 350 g/mol. The Morgan fingerprint density at radius 2 is 1.96 bits per heavy atom. The number of nitrogens with one attached hydrogen (secondary N) is 2. The summed E-state index contributed by atoms with van der Waals surface area (Å²) in [5, 5.41) is 9.61. The largest absolute Gasteiger partial charge is 0.493 e. The van der Waals surface area contributed by atoms with Crippen molar-refractivity contribution >= 4 is 23.2 Å². The van der Waals surface area contributed by atoms with Gasteiger partial charge in [-0.1, -0.05) is 12.1 Å². The second-order valence-corrected chi connectivity index (χ2v) is 6.73. The second-order valence-electron chi connectivity index (χ2n) is 5.95. The summed E-state index contributed by atoms with van der Waals surface area (Å²) in [5.74, 6) is -0.0430. The minimum atomic E-state index is -0.328. The van der Waals surface area contributed by atoms with Gasteiger partial charge in [0.25, 0.3) is 5.91 Å². The molecule has 0 saturated heterocycles. The van der Waals surface area contributed by atoms with Crippen LogP contribution in [0.1, 0.15) is 28.9 Å². The molecular formula is C19H25N3O3S. The Morgan fingerprint density at radius 1 is 1.19 bits per heavy atom. The van der Waals surface area contributed by atoms with E-state index in [-0.39, 0.29) is 24.4 Å². The third kappa shape index (κ3) is 5.57. The smallest absolute Gasteiger partial charge is 0.255 e. The molecule has 26 heavy (non-hydrogen) atoms. The lowest BCUT2D eigenvalue weighted by atomic mass is 10.1. The SMILES string of the molecule is CCOc1ccccc1C(=O)NCC(=O)NCC(c1ccsc1)N(C)C. The summed E-state index contributed by atoms with van der Waals surface area (Å²) in [7, 11) is 3.95. The summed E-state index contributed by atoms with van der Waals surface area (Å²) in [4.78, 5) is 26.5. The van der Waals surface area contributed by atoms with Crippen LogP contribution in [-0.2, 0) is 4.79 Å². The maximum absolute atomic E-state index is 12.3. The van der Waals surface area contributed by atoms with Crippen LogP contribution in [0.4, 0.5) is 0 Å². The topological polar surface area (TPSA) is 70.7 Å². The Labute approximate surface area is 158 Å². The molecule has 0 aliphatic rings. The number of carbonyl (C=O) groups is 2. The van der Waals surface area contributed by atoms with Crippen LogP contribution in [0.3, 0.4) is 0 Å². The van der Waals surface area contributed by atoms with Crippen molar-refractivity contribution < 1.29 is 14.3 Å².